The number of anilines is 2. The van der Waals surface area contributed by atoms with Crippen LogP contribution >= 0.6 is 22.7 Å². The molecule has 0 amide bonds. The molecular formula is C14H17N5S2. The fourth-order valence-corrected chi connectivity index (χ4v) is 3.66. The van der Waals surface area contributed by atoms with Crippen molar-refractivity contribution >= 4 is 44.7 Å². The van der Waals surface area contributed by atoms with Crippen LogP contribution in [-0.2, 0) is 6.54 Å². The van der Waals surface area contributed by atoms with Gasteiger partial charge in [-0.05, 0) is 26.8 Å². The summed E-state index contributed by atoms with van der Waals surface area (Å²) >= 11 is 3.39. The van der Waals surface area contributed by atoms with Crippen LogP contribution in [0.1, 0.15) is 21.7 Å². The summed E-state index contributed by atoms with van der Waals surface area (Å²) in [6.45, 7) is 7.69. The maximum Gasteiger partial charge on any atom is 0.226 e. The molecule has 0 aromatic carbocycles. The highest BCUT2D eigenvalue weighted by molar-refractivity contribution is 7.18. The smallest absolute Gasteiger partial charge is 0.226 e. The Bertz CT molecular complexity index is 762. The van der Waals surface area contributed by atoms with Gasteiger partial charge in [-0.2, -0.15) is 4.98 Å². The molecule has 0 aliphatic carbocycles. The fraction of sp³-hybridized carbons (Fsp3) is 0.357. The molecule has 0 saturated heterocycles. The molecule has 21 heavy (non-hydrogen) atoms. The Morgan fingerprint density at radius 1 is 1.10 bits per heavy atom. The summed E-state index contributed by atoms with van der Waals surface area (Å²) in [5.41, 5.74) is 0. The summed E-state index contributed by atoms with van der Waals surface area (Å²) in [6, 6.07) is 2.13. The minimum absolute atomic E-state index is 0.671. The van der Waals surface area contributed by atoms with Crippen LogP contribution in [0.2, 0.25) is 0 Å². The van der Waals surface area contributed by atoms with E-state index in [1.165, 1.54) is 9.75 Å². The molecule has 0 aliphatic rings. The molecule has 0 spiro atoms. The highest BCUT2D eigenvalue weighted by atomic mass is 32.1. The van der Waals surface area contributed by atoms with Gasteiger partial charge in [-0.3, -0.25) is 0 Å². The molecule has 0 saturated carbocycles. The van der Waals surface area contributed by atoms with Crippen molar-refractivity contribution in [3.05, 3.63) is 27.0 Å². The Labute approximate surface area is 131 Å². The fourth-order valence-electron chi connectivity index (χ4n) is 2.06. The normalized spacial score (nSPS) is 11.0. The first-order valence-corrected chi connectivity index (χ1v) is 8.46. The van der Waals surface area contributed by atoms with Crippen LogP contribution in [0.3, 0.4) is 0 Å². The number of aromatic nitrogens is 3. The zero-order chi connectivity index (χ0) is 14.8. The number of rotatable bonds is 5. The van der Waals surface area contributed by atoms with Gasteiger partial charge in [-0.1, -0.05) is 0 Å². The van der Waals surface area contributed by atoms with E-state index in [1.807, 2.05) is 13.1 Å². The molecule has 0 fully saturated rings. The molecular weight excluding hydrogens is 302 g/mol. The van der Waals surface area contributed by atoms with E-state index < -0.39 is 0 Å². The van der Waals surface area contributed by atoms with Gasteiger partial charge in [-0.15, -0.1) is 22.7 Å². The summed E-state index contributed by atoms with van der Waals surface area (Å²) in [5.74, 6) is 1.54. The van der Waals surface area contributed by atoms with E-state index >= 15 is 0 Å². The molecule has 5 nitrogen and oxygen atoms in total. The van der Waals surface area contributed by atoms with Crippen LogP contribution in [0.15, 0.2) is 12.3 Å². The third kappa shape index (κ3) is 3.14. The average Bonchev–Trinajstić information content (AvgIpc) is 3.01. The second-order valence-corrected chi connectivity index (χ2v) is 7.27. The first-order chi connectivity index (χ1) is 10.2. The Morgan fingerprint density at radius 3 is 2.67 bits per heavy atom. The molecule has 0 radical (unpaired) electrons. The predicted molar refractivity (Wildman–Crippen MR) is 90.5 cm³/mol. The van der Waals surface area contributed by atoms with E-state index in [-0.39, 0.29) is 0 Å². The van der Waals surface area contributed by atoms with Gasteiger partial charge in [0.25, 0.3) is 0 Å². The summed E-state index contributed by atoms with van der Waals surface area (Å²) in [4.78, 5) is 17.0. The van der Waals surface area contributed by atoms with Gasteiger partial charge in [0.15, 0.2) is 0 Å². The largest absolute Gasteiger partial charge is 0.363 e. The van der Waals surface area contributed by atoms with Gasteiger partial charge < -0.3 is 10.6 Å². The number of thiophene rings is 1. The third-order valence-electron chi connectivity index (χ3n) is 2.93. The van der Waals surface area contributed by atoms with Crippen LogP contribution in [0.5, 0.6) is 0 Å². The van der Waals surface area contributed by atoms with Crippen molar-refractivity contribution in [3.63, 3.8) is 0 Å². The van der Waals surface area contributed by atoms with Crippen molar-refractivity contribution in [3.8, 4) is 0 Å². The maximum atomic E-state index is 4.58. The monoisotopic (exact) mass is 319 g/mol. The molecule has 2 N–H and O–H groups in total. The molecule has 3 aromatic rings. The zero-order valence-electron chi connectivity index (χ0n) is 12.2. The van der Waals surface area contributed by atoms with Gasteiger partial charge in [-0.25, -0.2) is 9.97 Å². The zero-order valence-corrected chi connectivity index (χ0v) is 13.9. The summed E-state index contributed by atoms with van der Waals surface area (Å²) in [5, 5.41) is 8.72. The lowest BCUT2D eigenvalue weighted by molar-refractivity contribution is 1.06. The lowest BCUT2D eigenvalue weighted by Crippen LogP contribution is -2.06. The molecule has 0 unspecified atom stereocenters. The van der Waals surface area contributed by atoms with Gasteiger partial charge in [0.05, 0.1) is 11.9 Å². The van der Waals surface area contributed by atoms with Crippen molar-refractivity contribution in [2.45, 2.75) is 27.3 Å². The molecule has 3 rings (SSSR count). The highest BCUT2D eigenvalue weighted by Crippen LogP contribution is 2.30. The first kappa shape index (κ1) is 14.2. The van der Waals surface area contributed by atoms with Crippen molar-refractivity contribution in [2.75, 3.05) is 17.2 Å². The van der Waals surface area contributed by atoms with Crippen LogP contribution in [0.4, 0.5) is 11.8 Å². The van der Waals surface area contributed by atoms with Crippen LogP contribution in [-0.4, -0.2) is 21.5 Å². The Morgan fingerprint density at radius 2 is 1.95 bits per heavy atom. The molecule has 110 valence electrons. The van der Waals surface area contributed by atoms with Crippen molar-refractivity contribution < 1.29 is 0 Å². The van der Waals surface area contributed by atoms with Gasteiger partial charge in [0.1, 0.15) is 15.7 Å². The molecule has 0 bridgehead atoms. The number of fused-ring (bicyclic) bond motifs is 1. The molecule has 3 heterocycles. The van der Waals surface area contributed by atoms with Crippen LogP contribution in [0.25, 0.3) is 10.2 Å². The van der Waals surface area contributed by atoms with E-state index in [9.17, 15) is 0 Å². The highest BCUT2D eigenvalue weighted by Gasteiger charge is 2.10. The Hall–Kier alpha value is -1.73. The van der Waals surface area contributed by atoms with Crippen molar-refractivity contribution in [1.82, 2.24) is 15.0 Å². The number of hydrogen-bond acceptors (Lipinski definition) is 7. The number of aryl methyl sites for hydroxylation is 2. The standard InChI is InChI=1S/C14H17N5S2/c1-4-15-14-18-12(10-5-8(2)21-13(10)19-14)17-7-11-16-6-9(3)20-11/h5-6H,4,7H2,1-3H3,(H2,15,17,18,19). The minimum atomic E-state index is 0.671. The lowest BCUT2D eigenvalue weighted by Gasteiger charge is -2.08. The van der Waals surface area contributed by atoms with E-state index in [0.29, 0.717) is 12.5 Å². The van der Waals surface area contributed by atoms with Gasteiger partial charge in [0.2, 0.25) is 5.95 Å². The van der Waals surface area contributed by atoms with Gasteiger partial charge in [0, 0.05) is 22.5 Å². The van der Waals surface area contributed by atoms with Crippen molar-refractivity contribution in [1.29, 1.82) is 0 Å². The molecule has 0 aliphatic heterocycles. The van der Waals surface area contributed by atoms with Crippen LogP contribution in [0, 0.1) is 13.8 Å². The van der Waals surface area contributed by atoms with E-state index in [1.54, 1.807) is 22.7 Å². The summed E-state index contributed by atoms with van der Waals surface area (Å²) in [7, 11) is 0. The van der Waals surface area contributed by atoms with E-state index in [4.69, 9.17) is 0 Å². The maximum absolute atomic E-state index is 4.58. The van der Waals surface area contributed by atoms with Crippen LogP contribution < -0.4 is 10.6 Å². The van der Waals surface area contributed by atoms with Crippen molar-refractivity contribution in [2.24, 2.45) is 0 Å². The number of thiazole rings is 1. The molecule has 7 heteroatoms. The van der Waals surface area contributed by atoms with E-state index in [2.05, 4.69) is 45.5 Å². The molecule has 3 aromatic heterocycles. The second-order valence-electron chi connectivity index (χ2n) is 4.72. The molecule has 0 atom stereocenters. The third-order valence-corrected chi connectivity index (χ3v) is 4.78. The van der Waals surface area contributed by atoms with Gasteiger partial charge >= 0.3 is 0 Å². The topological polar surface area (TPSA) is 62.7 Å². The first-order valence-electron chi connectivity index (χ1n) is 6.83. The predicted octanol–water partition coefficient (Wildman–Crippen LogP) is 3.81. The second kappa shape index (κ2) is 5.95. The summed E-state index contributed by atoms with van der Waals surface area (Å²) in [6.07, 6.45) is 1.90. The average molecular weight is 319 g/mol. The Balaban J connectivity index is 1.91. The number of nitrogens with one attached hydrogen (secondary N) is 2. The van der Waals surface area contributed by atoms with E-state index in [0.717, 1.165) is 27.6 Å². The SMILES string of the molecule is CCNc1nc(NCc2ncc(C)s2)c2cc(C)sc2n1. The number of hydrogen-bond donors (Lipinski definition) is 2. The summed E-state index contributed by atoms with van der Waals surface area (Å²) < 4.78 is 0. The quantitative estimate of drug-likeness (QED) is 0.749. The number of nitrogens with zero attached hydrogens (tertiary/aromatic N) is 3. The minimum Gasteiger partial charge on any atom is -0.363 e. The lowest BCUT2D eigenvalue weighted by atomic mass is 10.3. The Kier molecular flexibility index (Phi) is 4.03.